The summed E-state index contributed by atoms with van der Waals surface area (Å²) in [6.45, 7) is 5.91. The van der Waals surface area contributed by atoms with Crippen molar-refractivity contribution in [3.05, 3.63) is 26.1 Å². The van der Waals surface area contributed by atoms with Gasteiger partial charge in [-0.25, -0.2) is 4.68 Å². The largest absolute Gasteiger partial charge is 0.503 e. The van der Waals surface area contributed by atoms with Gasteiger partial charge in [-0.2, -0.15) is 5.10 Å². The Balaban J connectivity index is 1.68. The van der Waals surface area contributed by atoms with E-state index in [2.05, 4.69) is 13.8 Å². The molecule has 3 unspecified atom stereocenters. The van der Waals surface area contributed by atoms with Crippen LogP contribution in [0.2, 0.25) is 0 Å². The van der Waals surface area contributed by atoms with Crippen molar-refractivity contribution in [2.45, 2.75) is 64.8 Å². The van der Waals surface area contributed by atoms with Crippen molar-refractivity contribution in [1.82, 2.24) is 9.78 Å². The number of nitrogens with zero attached hydrogens (tertiary/aromatic N) is 2. The minimum atomic E-state index is -0.888. The minimum absolute atomic E-state index is 0.0353. The van der Waals surface area contributed by atoms with Crippen molar-refractivity contribution in [2.24, 2.45) is 17.8 Å². The van der Waals surface area contributed by atoms with Gasteiger partial charge in [0.05, 0.1) is 22.9 Å². The van der Waals surface area contributed by atoms with Crippen LogP contribution in [0.3, 0.4) is 0 Å². The molecule has 2 aliphatic rings. The van der Waals surface area contributed by atoms with Gasteiger partial charge in [-0.3, -0.25) is 9.59 Å². The van der Waals surface area contributed by atoms with Gasteiger partial charge in [0.15, 0.2) is 5.75 Å². The van der Waals surface area contributed by atoms with Crippen LogP contribution in [0.25, 0.3) is 11.1 Å². The van der Waals surface area contributed by atoms with Gasteiger partial charge in [0.2, 0.25) is 11.3 Å². The first-order chi connectivity index (χ1) is 13.9. The van der Waals surface area contributed by atoms with E-state index in [0.717, 1.165) is 51.7 Å². The molecule has 0 spiro atoms. The first-order valence-electron chi connectivity index (χ1n) is 10.8. The monoisotopic (exact) mass is 402 g/mol. The Morgan fingerprint density at radius 1 is 1.07 bits per heavy atom. The Hall–Kier alpha value is -2.15. The fraction of sp³-hybridized carbons (Fsp3) is 0.682. The highest BCUT2D eigenvalue weighted by molar-refractivity contribution is 5.79. The van der Waals surface area contributed by atoms with Crippen LogP contribution in [0.15, 0.2) is 9.59 Å². The lowest BCUT2D eigenvalue weighted by atomic mass is 9.79. The summed E-state index contributed by atoms with van der Waals surface area (Å²) in [6.07, 6.45) is 6.76. The molecule has 0 amide bonds. The average molecular weight is 402 g/mol. The summed E-state index contributed by atoms with van der Waals surface area (Å²) >= 11 is 0. The summed E-state index contributed by atoms with van der Waals surface area (Å²) in [5.41, 5.74) is -0.865. The van der Waals surface area contributed by atoms with Crippen LogP contribution in [0.1, 0.15) is 64.1 Å². The normalized spacial score (nSPS) is 27.7. The topological polar surface area (TPSA) is 102 Å². The molecule has 4 rings (SSSR count). The number of rotatable bonds is 6. The Bertz CT molecular complexity index is 939. The second kappa shape index (κ2) is 7.94. The predicted octanol–water partition coefficient (Wildman–Crippen LogP) is 2.91. The Kier molecular flexibility index (Phi) is 5.51. The first-order valence-corrected chi connectivity index (χ1v) is 10.8. The van der Waals surface area contributed by atoms with Gasteiger partial charge in [0, 0.05) is 13.2 Å². The maximum Gasteiger partial charge on any atom is 0.268 e. The van der Waals surface area contributed by atoms with E-state index in [1.807, 2.05) is 0 Å². The molecular formula is C22H30N2O5. The predicted molar refractivity (Wildman–Crippen MR) is 109 cm³/mol. The van der Waals surface area contributed by atoms with E-state index >= 15 is 0 Å². The molecule has 2 N–H and O–H groups in total. The smallest absolute Gasteiger partial charge is 0.268 e. The van der Waals surface area contributed by atoms with Gasteiger partial charge in [0.1, 0.15) is 0 Å². The fourth-order valence-electron chi connectivity index (χ4n) is 5.24. The summed E-state index contributed by atoms with van der Waals surface area (Å²) in [7, 11) is 0. The van der Waals surface area contributed by atoms with Crippen LogP contribution in [-0.4, -0.2) is 33.2 Å². The molecule has 29 heavy (non-hydrogen) atoms. The SMILES string of the molecule is CC1CCCC(C)C1n1nc(CCCC2CCOC2)c(-c2c(O)c(=O)c2=O)c1O. The number of hydrogen-bond donors (Lipinski definition) is 2. The standard InChI is InChI=1S/C22H30N2O5/c1-12-5-3-6-13(2)18(12)24-22(28)16(17-19(25)21(27)20(17)26)15(23-24)8-4-7-14-9-10-29-11-14/h12-14,18,25,28H,3-11H2,1-2H3. The molecule has 1 saturated carbocycles. The Morgan fingerprint density at radius 3 is 2.41 bits per heavy atom. The molecule has 158 valence electrons. The lowest BCUT2D eigenvalue weighted by Gasteiger charge is -2.34. The third kappa shape index (κ3) is 3.50. The zero-order chi connectivity index (χ0) is 20.7. The second-order valence-corrected chi connectivity index (χ2v) is 8.97. The van der Waals surface area contributed by atoms with Gasteiger partial charge in [-0.05, 0) is 56.3 Å². The summed E-state index contributed by atoms with van der Waals surface area (Å²) in [6, 6.07) is 0.0353. The molecule has 0 bridgehead atoms. The van der Waals surface area contributed by atoms with Crippen molar-refractivity contribution in [3.8, 4) is 22.8 Å². The highest BCUT2D eigenvalue weighted by Gasteiger charge is 2.36. The molecule has 1 saturated heterocycles. The molecular weight excluding hydrogens is 372 g/mol. The lowest BCUT2D eigenvalue weighted by molar-refractivity contribution is 0.157. The second-order valence-electron chi connectivity index (χ2n) is 8.97. The van der Waals surface area contributed by atoms with Crippen molar-refractivity contribution >= 4 is 0 Å². The van der Waals surface area contributed by atoms with E-state index in [4.69, 9.17) is 9.84 Å². The summed E-state index contributed by atoms with van der Waals surface area (Å²) in [5, 5.41) is 25.8. The van der Waals surface area contributed by atoms with Crippen LogP contribution in [0.5, 0.6) is 11.6 Å². The molecule has 1 aliphatic heterocycles. The third-order valence-corrected chi connectivity index (χ3v) is 6.91. The number of ether oxygens (including phenoxy) is 1. The van der Waals surface area contributed by atoms with Crippen LogP contribution in [-0.2, 0) is 11.2 Å². The molecule has 0 radical (unpaired) electrons. The fourth-order valence-corrected chi connectivity index (χ4v) is 5.24. The molecule has 3 atom stereocenters. The highest BCUT2D eigenvalue weighted by atomic mass is 16.5. The number of aromatic hydroxyl groups is 2. The van der Waals surface area contributed by atoms with E-state index in [9.17, 15) is 19.8 Å². The van der Waals surface area contributed by atoms with Gasteiger partial charge in [-0.1, -0.05) is 20.3 Å². The van der Waals surface area contributed by atoms with Crippen LogP contribution < -0.4 is 10.9 Å². The molecule has 1 aliphatic carbocycles. The van der Waals surface area contributed by atoms with Crippen molar-refractivity contribution in [1.29, 1.82) is 0 Å². The van der Waals surface area contributed by atoms with E-state index in [1.165, 1.54) is 0 Å². The molecule has 1 aromatic carbocycles. The van der Waals surface area contributed by atoms with Crippen molar-refractivity contribution in [3.63, 3.8) is 0 Å². The van der Waals surface area contributed by atoms with Crippen LogP contribution >= 0.6 is 0 Å². The lowest BCUT2D eigenvalue weighted by Crippen LogP contribution is -2.32. The van der Waals surface area contributed by atoms with Crippen LogP contribution in [0, 0.1) is 17.8 Å². The average Bonchev–Trinajstić information content (AvgIpc) is 3.32. The molecule has 2 heterocycles. The van der Waals surface area contributed by atoms with E-state index in [1.54, 1.807) is 4.68 Å². The van der Waals surface area contributed by atoms with E-state index in [-0.39, 0.29) is 23.0 Å². The molecule has 7 nitrogen and oxygen atoms in total. The van der Waals surface area contributed by atoms with Gasteiger partial charge < -0.3 is 14.9 Å². The zero-order valence-electron chi connectivity index (χ0n) is 17.2. The van der Waals surface area contributed by atoms with Gasteiger partial charge in [-0.15, -0.1) is 0 Å². The number of aryl methyl sites for hydroxylation is 1. The molecule has 2 aromatic rings. The van der Waals surface area contributed by atoms with Crippen molar-refractivity contribution in [2.75, 3.05) is 13.2 Å². The summed E-state index contributed by atoms with van der Waals surface area (Å²) in [4.78, 5) is 23.7. The van der Waals surface area contributed by atoms with Gasteiger partial charge >= 0.3 is 0 Å². The summed E-state index contributed by atoms with van der Waals surface area (Å²) in [5.74, 6) is 0.577. The van der Waals surface area contributed by atoms with E-state index in [0.29, 0.717) is 29.9 Å². The first kappa shape index (κ1) is 20.1. The zero-order valence-corrected chi connectivity index (χ0v) is 17.2. The minimum Gasteiger partial charge on any atom is -0.503 e. The molecule has 7 heteroatoms. The quantitative estimate of drug-likeness (QED) is 0.721. The molecule has 2 fully saturated rings. The highest BCUT2D eigenvalue weighted by Crippen LogP contribution is 2.44. The maximum absolute atomic E-state index is 12.1. The van der Waals surface area contributed by atoms with E-state index < -0.39 is 16.6 Å². The maximum atomic E-state index is 12.1. The Morgan fingerprint density at radius 2 is 1.79 bits per heavy atom. The number of hydrogen-bond acceptors (Lipinski definition) is 6. The Labute approximate surface area is 170 Å². The summed E-state index contributed by atoms with van der Waals surface area (Å²) < 4.78 is 7.08. The number of aromatic nitrogens is 2. The van der Waals surface area contributed by atoms with Crippen molar-refractivity contribution < 1.29 is 14.9 Å². The third-order valence-electron chi connectivity index (χ3n) is 6.91. The van der Waals surface area contributed by atoms with Crippen LogP contribution in [0.4, 0.5) is 0 Å². The van der Waals surface area contributed by atoms with Gasteiger partial charge in [0.25, 0.3) is 5.43 Å². The molecule has 1 aromatic heterocycles.